The zero-order valence-electron chi connectivity index (χ0n) is 12.2. The third-order valence-electron chi connectivity index (χ3n) is 3.82. The van der Waals surface area contributed by atoms with Crippen LogP contribution in [0.3, 0.4) is 0 Å². The molecule has 0 aromatic heterocycles. The third-order valence-corrected chi connectivity index (χ3v) is 4.17. The lowest BCUT2D eigenvalue weighted by Gasteiger charge is -2.39. The largest absolute Gasteiger partial charge is 0.388 e. The Hall–Kier alpha value is -1.21. The summed E-state index contributed by atoms with van der Waals surface area (Å²) in [6.45, 7) is 2.21. The minimum atomic E-state index is -1.09. The third kappa shape index (κ3) is 3.57. The first-order valence-electron chi connectivity index (χ1n) is 7.12. The summed E-state index contributed by atoms with van der Waals surface area (Å²) in [5, 5.41) is 19.9. The number of ether oxygens (including phenoxy) is 1. The van der Waals surface area contributed by atoms with E-state index in [1.54, 1.807) is 6.92 Å². The highest BCUT2D eigenvalue weighted by atomic mass is 35.5. The summed E-state index contributed by atoms with van der Waals surface area (Å²) >= 11 is 5.93. The predicted octanol–water partition coefficient (Wildman–Crippen LogP) is 0.991. The van der Waals surface area contributed by atoms with Crippen LogP contribution in [0.5, 0.6) is 0 Å². The van der Waals surface area contributed by atoms with E-state index < -0.39 is 24.1 Å². The summed E-state index contributed by atoms with van der Waals surface area (Å²) in [5.41, 5.74) is 0.124. The Bertz CT molecular complexity index is 522. The molecule has 1 aromatic carbocycles. The van der Waals surface area contributed by atoms with E-state index in [1.807, 2.05) is 0 Å². The Morgan fingerprint density at radius 3 is 2.82 bits per heavy atom. The molecule has 0 spiro atoms. The minimum Gasteiger partial charge on any atom is -0.388 e. The highest BCUT2D eigenvalue weighted by molar-refractivity contribution is 6.31. The molecule has 0 saturated carbocycles. The van der Waals surface area contributed by atoms with Gasteiger partial charge in [-0.25, -0.2) is 4.39 Å². The maximum absolute atomic E-state index is 13.8. The van der Waals surface area contributed by atoms with Gasteiger partial charge < -0.3 is 19.8 Å². The molecule has 1 heterocycles. The number of benzene rings is 1. The molecule has 0 aliphatic carbocycles. The molecule has 7 heteroatoms. The highest BCUT2D eigenvalue weighted by Gasteiger charge is 2.37. The smallest absolute Gasteiger partial charge is 0.227 e. The lowest BCUT2D eigenvalue weighted by Crippen LogP contribution is -2.57. The highest BCUT2D eigenvalue weighted by Crippen LogP contribution is 2.22. The molecule has 2 rings (SSSR count). The van der Waals surface area contributed by atoms with Crippen LogP contribution in [0.2, 0.25) is 5.02 Å². The summed E-state index contributed by atoms with van der Waals surface area (Å²) in [7, 11) is 0. The van der Waals surface area contributed by atoms with Crippen molar-refractivity contribution in [2.24, 2.45) is 0 Å². The van der Waals surface area contributed by atoms with Crippen molar-refractivity contribution >= 4 is 17.5 Å². The van der Waals surface area contributed by atoms with Crippen molar-refractivity contribution in [3.05, 3.63) is 34.6 Å². The van der Waals surface area contributed by atoms with Crippen molar-refractivity contribution in [2.45, 2.75) is 31.6 Å². The van der Waals surface area contributed by atoms with E-state index in [4.69, 9.17) is 16.3 Å². The Kier molecular flexibility index (Phi) is 5.74. The van der Waals surface area contributed by atoms with Gasteiger partial charge in [0.05, 0.1) is 25.7 Å². The first-order valence-corrected chi connectivity index (χ1v) is 7.49. The zero-order chi connectivity index (χ0) is 16.3. The molecule has 2 N–H and O–H groups in total. The SMILES string of the molecule is CCN(C(=O)Cc1c(F)cccc1Cl)[C@@H]1COC[C@@H](O)[C@H]1O. The van der Waals surface area contributed by atoms with Gasteiger partial charge in [0.1, 0.15) is 18.0 Å². The van der Waals surface area contributed by atoms with Crippen LogP contribution in [0.25, 0.3) is 0 Å². The molecule has 0 unspecified atom stereocenters. The lowest BCUT2D eigenvalue weighted by atomic mass is 10.0. The predicted molar refractivity (Wildman–Crippen MR) is 79.1 cm³/mol. The van der Waals surface area contributed by atoms with Gasteiger partial charge in [-0.05, 0) is 19.1 Å². The molecule has 122 valence electrons. The molecule has 0 bridgehead atoms. The van der Waals surface area contributed by atoms with Crippen LogP contribution < -0.4 is 0 Å². The molecule has 1 aromatic rings. The van der Waals surface area contributed by atoms with Crippen LogP contribution in [0, 0.1) is 5.82 Å². The van der Waals surface area contributed by atoms with Gasteiger partial charge in [-0.3, -0.25) is 4.79 Å². The van der Waals surface area contributed by atoms with Gasteiger partial charge in [0, 0.05) is 17.1 Å². The second-order valence-corrected chi connectivity index (χ2v) is 5.63. The second kappa shape index (κ2) is 7.37. The summed E-state index contributed by atoms with van der Waals surface area (Å²) in [6, 6.07) is 3.57. The number of halogens is 2. The first-order chi connectivity index (χ1) is 10.5. The standard InChI is InChI=1S/C15H19ClFNO4/c1-2-18(12-7-22-8-13(19)15(12)21)14(20)6-9-10(16)4-3-5-11(9)17/h3-5,12-13,15,19,21H,2,6-8H2,1H3/t12-,13-,15+/m1/s1. The fourth-order valence-electron chi connectivity index (χ4n) is 2.59. The molecule has 1 aliphatic rings. The van der Waals surface area contributed by atoms with E-state index in [0.29, 0.717) is 6.54 Å². The van der Waals surface area contributed by atoms with Gasteiger partial charge in [-0.15, -0.1) is 0 Å². The van der Waals surface area contributed by atoms with Crippen LogP contribution in [0.4, 0.5) is 4.39 Å². The van der Waals surface area contributed by atoms with Crippen molar-refractivity contribution in [3.8, 4) is 0 Å². The van der Waals surface area contributed by atoms with Crippen LogP contribution in [-0.4, -0.2) is 59.0 Å². The fraction of sp³-hybridized carbons (Fsp3) is 0.533. The Balaban J connectivity index is 2.15. The lowest BCUT2D eigenvalue weighted by molar-refractivity contribution is -0.155. The number of carbonyl (C=O) groups excluding carboxylic acids is 1. The molecule has 1 fully saturated rings. The molecule has 1 saturated heterocycles. The number of nitrogens with zero attached hydrogens (tertiary/aromatic N) is 1. The topological polar surface area (TPSA) is 70.0 Å². The zero-order valence-corrected chi connectivity index (χ0v) is 13.0. The van der Waals surface area contributed by atoms with E-state index >= 15 is 0 Å². The number of aliphatic hydroxyl groups excluding tert-OH is 2. The van der Waals surface area contributed by atoms with Crippen molar-refractivity contribution < 1.29 is 24.1 Å². The number of amides is 1. The minimum absolute atomic E-state index is 0.0303. The Morgan fingerprint density at radius 1 is 1.45 bits per heavy atom. The maximum Gasteiger partial charge on any atom is 0.227 e. The molecule has 5 nitrogen and oxygen atoms in total. The Labute approximate surface area is 133 Å². The number of aliphatic hydroxyl groups is 2. The van der Waals surface area contributed by atoms with E-state index in [0.717, 1.165) is 0 Å². The number of carbonyl (C=O) groups is 1. The number of rotatable bonds is 4. The van der Waals surface area contributed by atoms with E-state index in [1.165, 1.54) is 23.1 Å². The van der Waals surface area contributed by atoms with Crippen molar-refractivity contribution in [1.29, 1.82) is 0 Å². The molecule has 0 radical (unpaired) electrons. The summed E-state index contributed by atoms with van der Waals surface area (Å²) in [4.78, 5) is 13.8. The number of hydrogen-bond acceptors (Lipinski definition) is 4. The van der Waals surface area contributed by atoms with Crippen LogP contribution >= 0.6 is 11.6 Å². The van der Waals surface area contributed by atoms with E-state index in [-0.39, 0.29) is 36.1 Å². The van der Waals surface area contributed by atoms with Crippen molar-refractivity contribution in [3.63, 3.8) is 0 Å². The summed E-state index contributed by atoms with van der Waals surface area (Å²) in [6.07, 6.45) is -2.34. The van der Waals surface area contributed by atoms with Gasteiger partial charge in [-0.2, -0.15) is 0 Å². The molecule has 3 atom stereocenters. The van der Waals surface area contributed by atoms with E-state index in [2.05, 4.69) is 0 Å². The van der Waals surface area contributed by atoms with Gasteiger partial charge in [0.2, 0.25) is 5.91 Å². The summed E-state index contributed by atoms with van der Waals surface area (Å²) in [5.74, 6) is -0.923. The van der Waals surface area contributed by atoms with Gasteiger partial charge >= 0.3 is 0 Å². The molecule has 1 amide bonds. The monoisotopic (exact) mass is 331 g/mol. The summed E-state index contributed by atoms with van der Waals surface area (Å²) < 4.78 is 19.0. The van der Waals surface area contributed by atoms with Crippen LogP contribution in [0.1, 0.15) is 12.5 Å². The maximum atomic E-state index is 13.8. The van der Waals surface area contributed by atoms with Crippen LogP contribution in [-0.2, 0) is 16.0 Å². The van der Waals surface area contributed by atoms with Crippen LogP contribution in [0.15, 0.2) is 18.2 Å². The van der Waals surface area contributed by atoms with E-state index in [9.17, 15) is 19.4 Å². The second-order valence-electron chi connectivity index (χ2n) is 5.22. The normalized spacial score (nSPS) is 25.0. The first kappa shape index (κ1) is 17.1. The average Bonchev–Trinajstić information content (AvgIpc) is 2.48. The van der Waals surface area contributed by atoms with Gasteiger partial charge in [-0.1, -0.05) is 17.7 Å². The van der Waals surface area contributed by atoms with Gasteiger partial charge in [0.15, 0.2) is 0 Å². The van der Waals surface area contributed by atoms with Crippen molar-refractivity contribution in [2.75, 3.05) is 19.8 Å². The van der Waals surface area contributed by atoms with Gasteiger partial charge in [0.25, 0.3) is 0 Å². The quantitative estimate of drug-likeness (QED) is 0.863. The molecule has 22 heavy (non-hydrogen) atoms. The Morgan fingerprint density at radius 2 is 2.18 bits per heavy atom. The van der Waals surface area contributed by atoms with Crippen molar-refractivity contribution in [1.82, 2.24) is 4.90 Å². The number of likely N-dealkylation sites (N-methyl/N-ethyl adjacent to an activating group) is 1. The average molecular weight is 332 g/mol. The molecular weight excluding hydrogens is 313 g/mol. The number of hydrogen-bond donors (Lipinski definition) is 2. The fourth-order valence-corrected chi connectivity index (χ4v) is 2.82. The molecule has 1 aliphatic heterocycles. The molecular formula is C15H19ClFNO4.